The van der Waals surface area contributed by atoms with Gasteiger partial charge in [-0.25, -0.2) is 14.2 Å². The fourth-order valence-electron chi connectivity index (χ4n) is 3.86. The maximum atomic E-state index is 13.6. The second kappa shape index (κ2) is 7.98. The first-order chi connectivity index (χ1) is 14.8. The van der Waals surface area contributed by atoms with Crippen LogP contribution in [0.3, 0.4) is 0 Å². The summed E-state index contributed by atoms with van der Waals surface area (Å²) in [5.74, 6) is -1.07. The molecule has 0 saturated carbocycles. The number of hydrogen-bond acceptors (Lipinski definition) is 6. The first-order valence-corrected chi connectivity index (χ1v) is 9.73. The van der Waals surface area contributed by atoms with Crippen LogP contribution in [0, 0.1) is 17.1 Å². The van der Waals surface area contributed by atoms with Crippen LogP contribution in [0.15, 0.2) is 18.2 Å². The predicted molar refractivity (Wildman–Crippen MR) is 105 cm³/mol. The molecular weight excluding hydrogens is 407 g/mol. The number of carbonyl (C=O) groups is 2. The highest BCUT2D eigenvalue weighted by molar-refractivity contribution is 5.94. The minimum Gasteiger partial charge on any atom is -0.393 e. The molecule has 0 saturated heterocycles. The highest BCUT2D eigenvalue weighted by Crippen LogP contribution is 2.29. The van der Waals surface area contributed by atoms with E-state index in [1.165, 1.54) is 23.9 Å². The van der Waals surface area contributed by atoms with Crippen molar-refractivity contribution in [2.24, 2.45) is 0 Å². The largest absolute Gasteiger partial charge is 0.393 e. The molecule has 0 aliphatic carbocycles. The van der Waals surface area contributed by atoms with E-state index in [2.05, 4.69) is 10.4 Å². The van der Waals surface area contributed by atoms with Crippen LogP contribution in [-0.2, 0) is 24.3 Å². The van der Waals surface area contributed by atoms with Crippen molar-refractivity contribution in [3.05, 3.63) is 46.5 Å². The molecule has 2 N–H and O–H groups in total. The normalized spacial score (nSPS) is 20.5. The van der Waals surface area contributed by atoms with Gasteiger partial charge in [0.25, 0.3) is 5.91 Å². The summed E-state index contributed by atoms with van der Waals surface area (Å²) in [6, 6.07) is 4.86. The third-order valence-corrected chi connectivity index (χ3v) is 5.46. The SMILES string of the molecule is C[C@@H]1Cc2nn3c(c2CN1C(=O)Nc1ccc(F)c(C#N)c1)C(=O)N(C)O[C@@H](CO)C3. The van der Waals surface area contributed by atoms with Gasteiger partial charge in [0, 0.05) is 30.8 Å². The number of rotatable bonds is 2. The molecule has 3 amide bonds. The summed E-state index contributed by atoms with van der Waals surface area (Å²) in [5.41, 5.74) is 1.81. The molecule has 1 aromatic heterocycles. The predicted octanol–water partition coefficient (Wildman–Crippen LogP) is 1.25. The van der Waals surface area contributed by atoms with Gasteiger partial charge < -0.3 is 15.3 Å². The van der Waals surface area contributed by atoms with E-state index in [1.54, 1.807) is 11.0 Å². The number of carbonyl (C=O) groups excluding carboxylic acids is 2. The lowest BCUT2D eigenvalue weighted by molar-refractivity contribution is -0.159. The fraction of sp³-hybridized carbons (Fsp3) is 0.400. The first-order valence-electron chi connectivity index (χ1n) is 9.73. The summed E-state index contributed by atoms with van der Waals surface area (Å²) in [6.45, 7) is 1.95. The van der Waals surface area contributed by atoms with E-state index in [9.17, 15) is 19.1 Å². The number of aliphatic hydroxyl groups is 1. The molecule has 11 heteroatoms. The van der Waals surface area contributed by atoms with E-state index in [1.807, 2.05) is 6.92 Å². The Labute approximate surface area is 177 Å². The Morgan fingerprint density at radius 2 is 2.26 bits per heavy atom. The van der Waals surface area contributed by atoms with Crippen LogP contribution in [0.2, 0.25) is 0 Å². The molecule has 1 aromatic carbocycles. The maximum absolute atomic E-state index is 13.6. The van der Waals surface area contributed by atoms with E-state index in [-0.39, 0.29) is 31.3 Å². The Balaban J connectivity index is 1.61. The number of amides is 3. The topological polar surface area (TPSA) is 124 Å². The van der Waals surface area contributed by atoms with Crippen LogP contribution in [-0.4, -0.2) is 62.6 Å². The number of halogens is 1. The number of nitrogens with zero attached hydrogens (tertiary/aromatic N) is 5. The highest BCUT2D eigenvalue weighted by Gasteiger charge is 2.37. The minimum atomic E-state index is -0.662. The highest BCUT2D eigenvalue weighted by atomic mass is 19.1. The summed E-state index contributed by atoms with van der Waals surface area (Å²) in [6.07, 6.45) is -0.168. The fourth-order valence-corrected chi connectivity index (χ4v) is 3.86. The Morgan fingerprint density at radius 1 is 1.48 bits per heavy atom. The summed E-state index contributed by atoms with van der Waals surface area (Å²) in [4.78, 5) is 32.8. The molecule has 2 atom stereocenters. The number of fused-ring (bicyclic) bond motifs is 3. The molecule has 2 aromatic rings. The van der Waals surface area contributed by atoms with Gasteiger partial charge >= 0.3 is 6.03 Å². The molecule has 0 radical (unpaired) electrons. The van der Waals surface area contributed by atoms with Crippen molar-refractivity contribution < 1.29 is 23.9 Å². The summed E-state index contributed by atoms with van der Waals surface area (Å²) < 4.78 is 15.1. The number of urea groups is 1. The zero-order valence-corrected chi connectivity index (χ0v) is 17.0. The zero-order chi connectivity index (χ0) is 22.3. The quantitative estimate of drug-likeness (QED) is 0.742. The number of benzene rings is 1. The molecular formula is C20H21FN6O4. The van der Waals surface area contributed by atoms with Gasteiger partial charge in [-0.05, 0) is 25.1 Å². The smallest absolute Gasteiger partial charge is 0.322 e. The number of aliphatic hydroxyl groups excluding tert-OH is 1. The van der Waals surface area contributed by atoms with Gasteiger partial charge in [0.05, 0.1) is 31.0 Å². The van der Waals surface area contributed by atoms with Crippen LogP contribution in [0.5, 0.6) is 0 Å². The van der Waals surface area contributed by atoms with E-state index in [4.69, 9.17) is 10.1 Å². The Hall–Kier alpha value is -3.49. The van der Waals surface area contributed by atoms with Crippen molar-refractivity contribution in [2.75, 3.05) is 19.0 Å². The first kappa shape index (κ1) is 20.8. The van der Waals surface area contributed by atoms with Crippen LogP contribution >= 0.6 is 0 Å². The summed E-state index contributed by atoms with van der Waals surface area (Å²) in [5, 5.41) is 26.8. The summed E-state index contributed by atoms with van der Waals surface area (Å²) >= 11 is 0. The molecule has 2 aliphatic rings. The number of nitrogens with one attached hydrogen (secondary N) is 1. The number of hydroxylamine groups is 2. The molecule has 162 valence electrons. The maximum Gasteiger partial charge on any atom is 0.322 e. The van der Waals surface area contributed by atoms with Crippen LogP contribution in [0.4, 0.5) is 14.9 Å². The lowest BCUT2D eigenvalue weighted by atomic mass is 9.99. The van der Waals surface area contributed by atoms with E-state index < -0.39 is 23.9 Å². The van der Waals surface area contributed by atoms with E-state index in [0.717, 1.165) is 16.8 Å². The molecule has 31 heavy (non-hydrogen) atoms. The molecule has 2 aliphatic heterocycles. The zero-order valence-electron chi connectivity index (χ0n) is 17.0. The third kappa shape index (κ3) is 3.71. The Bertz CT molecular complexity index is 1090. The average molecular weight is 428 g/mol. The Kier molecular flexibility index (Phi) is 5.34. The number of aromatic nitrogens is 2. The van der Waals surface area contributed by atoms with Gasteiger partial charge in [-0.3, -0.25) is 14.3 Å². The molecule has 10 nitrogen and oxygen atoms in total. The second-order valence-electron chi connectivity index (χ2n) is 7.59. The van der Waals surface area contributed by atoms with Crippen LogP contribution in [0.25, 0.3) is 0 Å². The number of nitriles is 1. The number of anilines is 1. The van der Waals surface area contributed by atoms with Gasteiger partial charge in [-0.1, -0.05) is 0 Å². The van der Waals surface area contributed by atoms with Crippen LogP contribution in [0.1, 0.15) is 34.2 Å². The standard InChI is InChI=1S/C20H21FN6O4/c1-11-5-17-15(18-19(29)25(2)31-14(10-28)8-27(18)24-17)9-26(11)20(30)23-13-3-4-16(21)12(6-13)7-22/h3-4,6,11,14,28H,5,8-10H2,1-2H3,(H,23,30)/t11-,14-/m1/s1. The lowest BCUT2D eigenvalue weighted by Gasteiger charge is -2.33. The van der Waals surface area contributed by atoms with Gasteiger partial charge in [0.15, 0.2) is 0 Å². The van der Waals surface area contributed by atoms with Crippen molar-refractivity contribution in [1.82, 2.24) is 19.7 Å². The van der Waals surface area contributed by atoms with Gasteiger partial charge in [0.1, 0.15) is 23.7 Å². The van der Waals surface area contributed by atoms with E-state index >= 15 is 0 Å². The molecule has 0 bridgehead atoms. The van der Waals surface area contributed by atoms with Crippen LogP contribution < -0.4 is 5.32 Å². The van der Waals surface area contributed by atoms with Crippen molar-refractivity contribution in [3.63, 3.8) is 0 Å². The molecule has 0 spiro atoms. The Morgan fingerprint density at radius 3 is 2.97 bits per heavy atom. The van der Waals surface area contributed by atoms with Gasteiger partial charge in [-0.15, -0.1) is 0 Å². The molecule has 4 rings (SSSR count). The lowest BCUT2D eigenvalue weighted by Crippen LogP contribution is -2.45. The third-order valence-electron chi connectivity index (χ3n) is 5.46. The van der Waals surface area contributed by atoms with E-state index in [0.29, 0.717) is 23.4 Å². The average Bonchev–Trinajstić information content (AvgIpc) is 3.03. The number of hydrogen-bond donors (Lipinski definition) is 2. The van der Waals surface area contributed by atoms with Crippen molar-refractivity contribution in [3.8, 4) is 6.07 Å². The second-order valence-corrected chi connectivity index (χ2v) is 7.59. The summed E-state index contributed by atoms with van der Waals surface area (Å²) in [7, 11) is 1.47. The van der Waals surface area contributed by atoms with Gasteiger partial charge in [0.2, 0.25) is 0 Å². The molecule has 3 heterocycles. The molecule has 0 unspecified atom stereocenters. The van der Waals surface area contributed by atoms with Gasteiger partial charge in [-0.2, -0.15) is 10.4 Å². The monoisotopic (exact) mass is 428 g/mol. The minimum absolute atomic E-state index is 0.146. The van der Waals surface area contributed by atoms with Crippen molar-refractivity contribution >= 4 is 17.6 Å². The molecule has 0 fully saturated rings. The van der Waals surface area contributed by atoms with Crippen molar-refractivity contribution in [2.45, 2.75) is 38.6 Å². The van der Waals surface area contributed by atoms with Crippen molar-refractivity contribution in [1.29, 1.82) is 5.26 Å².